The van der Waals surface area contributed by atoms with E-state index in [9.17, 15) is 9.90 Å². The second-order valence-corrected chi connectivity index (χ2v) is 4.50. The van der Waals surface area contributed by atoms with Gasteiger partial charge in [0.25, 0.3) is 0 Å². The van der Waals surface area contributed by atoms with Crippen molar-refractivity contribution >= 4 is 18.6 Å². The Labute approximate surface area is 112 Å². The van der Waals surface area contributed by atoms with Crippen LogP contribution in [-0.2, 0) is 9.53 Å². The van der Waals surface area contributed by atoms with Crippen LogP contribution in [-0.4, -0.2) is 28.5 Å². The molecule has 2 N–H and O–H groups in total. The third kappa shape index (κ3) is 4.58. The molecule has 100 valence electrons. The van der Waals surface area contributed by atoms with E-state index in [1.54, 1.807) is 12.1 Å². The number of hydrogen-bond acceptors (Lipinski definition) is 5. The van der Waals surface area contributed by atoms with E-state index in [4.69, 9.17) is 9.84 Å². The van der Waals surface area contributed by atoms with Crippen LogP contribution in [0.1, 0.15) is 25.0 Å². The first-order chi connectivity index (χ1) is 8.54. The number of carbonyl (C=O) groups excluding carboxylic acids is 1. The lowest BCUT2D eigenvalue weighted by atomic mass is 9.95. The summed E-state index contributed by atoms with van der Waals surface area (Å²) < 4.78 is 4.90. The van der Waals surface area contributed by atoms with Crippen LogP contribution in [0.25, 0.3) is 0 Å². The van der Waals surface area contributed by atoms with Gasteiger partial charge in [-0.2, -0.15) is 12.6 Å². The van der Waals surface area contributed by atoms with Gasteiger partial charge in [-0.3, -0.25) is 4.79 Å². The number of aromatic hydroxyl groups is 1. The summed E-state index contributed by atoms with van der Waals surface area (Å²) in [5.41, 5.74) is 0.737. The average molecular weight is 270 g/mol. The van der Waals surface area contributed by atoms with Gasteiger partial charge in [0.15, 0.2) is 0 Å². The summed E-state index contributed by atoms with van der Waals surface area (Å²) in [6.07, 6.45) is -0.0676. The number of benzene rings is 1. The summed E-state index contributed by atoms with van der Waals surface area (Å²) in [4.78, 5) is 10.9. The monoisotopic (exact) mass is 270 g/mol. The van der Waals surface area contributed by atoms with Crippen LogP contribution in [0.2, 0.25) is 0 Å². The topological polar surface area (TPSA) is 66.8 Å². The molecular formula is C13H18O4S. The van der Waals surface area contributed by atoms with E-state index in [2.05, 4.69) is 12.6 Å². The smallest absolute Gasteiger partial charge is 0.315 e. The minimum absolute atomic E-state index is 0.0396. The first kappa shape index (κ1) is 14.9. The fourth-order valence-electron chi connectivity index (χ4n) is 1.56. The maximum Gasteiger partial charge on any atom is 0.315 e. The SMILES string of the molecule is C[C@@H](CCOC(=O)CS)[C@@H](O)c1ccc(O)cc1. The van der Waals surface area contributed by atoms with Crippen molar-refractivity contribution in [1.29, 1.82) is 0 Å². The zero-order valence-corrected chi connectivity index (χ0v) is 11.1. The summed E-state index contributed by atoms with van der Waals surface area (Å²) in [6.45, 7) is 2.15. The molecule has 5 heteroatoms. The minimum atomic E-state index is -0.639. The van der Waals surface area contributed by atoms with Crippen molar-refractivity contribution in [2.24, 2.45) is 5.92 Å². The van der Waals surface area contributed by atoms with Crippen molar-refractivity contribution in [1.82, 2.24) is 0 Å². The highest BCUT2D eigenvalue weighted by Crippen LogP contribution is 2.25. The van der Waals surface area contributed by atoms with E-state index < -0.39 is 6.10 Å². The lowest BCUT2D eigenvalue weighted by Crippen LogP contribution is -2.14. The van der Waals surface area contributed by atoms with E-state index in [1.165, 1.54) is 12.1 Å². The molecule has 1 aromatic carbocycles. The summed E-state index contributed by atoms with van der Waals surface area (Å²) in [5.74, 6) is -0.164. The van der Waals surface area contributed by atoms with Gasteiger partial charge in [0.2, 0.25) is 0 Å². The lowest BCUT2D eigenvalue weighted by molar-refractivity contribution is -0.141. The van der Waals surface area contributed by atoms with Crippen molar-refractivity contribution in [2.75, 3.05) is 12.4 Å². The van der Waals surface area contributed by atoms with E-state index in [-0.39, 0.29) is 30.0 Å². The predicted molar refractivity (Wildman–Crippen MR) is 71.7 cm³/mol. The Hall–Kier alpha value is -1.20. The van der Waals surface area contributed by atoms with Gasteiger partial charge < -0.3 is 14.9 Å². The summed E-state index contributed by atoms with van der Waals surface area (Å²) >= 11 is 3.80. The number of hydrogen-bond donors (Lipinski definition) is 3. The van der Waals surface area contributed by atoms with Crippen molar-refractivity contribution in [2.45, 2.75) is 19.4 Å². The molecule has 0 saturated carbocycles. The van der Waals surface area contributed by atoms with Gasteiger partial charge in [0.1, 0.15) is 5.75 Å². The zero-order valence-electron chi connectivity index (χ0n) is 10.2. The highest BCUT2D eigenvalue weighted by Gasteiger charge is 2.16. The highest BCUT2D eigenvalue weighted by molar-refractivity contribution is 7.81. The molecule has 0 amide bonds. The number of aliphatic hydroxyl groups excluding tert-OH is 1. The summed E-state index contributed by atoms with van der Waals surface area (Å²) in [5, 5.41) is 19.2. The number of aliphatic hydroxyl groups is 1. The van der Waals surface area contributed by atoms with Gasteiger partial charge in [-0.25, -0.2) is 0 Å². The fourth-order valence-corrected chi connectivity index (χ4v) is 1.65. The Morgan fingerprint density at radius 2 is 2.00 bits per heavy atom. The third-order valence-corrected chi connectivity index (χ3v) is 3.00. The average Bonchev–Trinajstić information content (AvgIpc) is 2.38. The van der Waals surface area contributed by atoms with Gasteiger partial charge in [-0.1, -0.05) is 19.1 Å². The second kappa shape index (κ2) is 7.28. The molecule has 4 nitrogen and oxygen atoms in total. The molecule has 0 radical (unpaired) electrons. The molecule has 0 fully saturated rings. The van der Waals surface area contributed by atoms with Crippen LogP contribution in [0.4, 0.5) is 0 Å². The fraction of sp³-hybridized carbons (Fsp3) is 0.462. The number of phenols is 1. The Kier molecular flexibility index (Phi) is 6.01. The number of carbonyl (C=O) groups is 1. The molecule has 0 heterocycles. The van der Waals surface area contributed by atoms with Crippen molar-refractivity contribution in [3.8, 4) is 5.75 Å². The van der Waals surface area contributed by atoms with Crippen molar-refractivity contribution in [3.63, 3.8) is 0 Å². The van der Waals surface area contributed by atoms with Gasteiger partial charge >= 0.3 is 5.97 Å². The number of thiol groups is 1. The number of phenolic OH excluding ortho intramolecular Hbond substituents is 1. The van der Waals surface area contributed by atoms with Crippen LogP contribution in [0.15, 0.2) is 24.3 Å². The van der Waals surface area contributed by atoms with E-state index >= 15 is 0 Å². The largest absolute Gasteiger partial charge is 0.508 e. The maximum absolute atomic E-state index is 10.9. The van der Waals surface area contributed by atoms with Crippen LogP contribution in [0.3, 0.4) is 0 Å². The Balaban J connectivity index is 2.43. The van der Waals surface area contributed by atoms with Crippen molar-refractivity contribution < 1.29 is 19.7 Å². The first-order valence-corrected chi connectivity index (χ1v) is 6.41. The molecule has 1 aromatic rings. The Morgan fingerprint density at radius 1 is 1.39 bits per heavy atom. The van der Waals surface area contributed by atoms with Gasteiger partial charge in [-0.15, -0.1) is 0 Å². The molecule has 18 heavy (non-hydrogen) atoms. The highest BCUT2D eigenvalue weighted by atomic mass is 32.1. The van der Waals surface area contributed by atoms with Crippen LogP contribution >= 0.6 is 12.6 Å². The second-order valence-electron chi connectivity index (χ2n) is 4.18. The van der Waals surface area contributed by atoms with Crippen LogP contribution in [0, 0.1) is 5.92 Å². The first-order valence-electron chi connectivity index (χ1n) is 5.78. The normalized spacial score (nSPS) is 13.9. The predicted octanol–water partition coefficient (Wildman–Crippen LogP) is 1.92. The van der Waals surface area contributed by atoms with E-state index in [0.29, 0.717) is 6.42 Å². The van der Waals surface area contributed by atoms with Gasteiger partial charge in [-0.05, 0) is 30.0 Å². The van der Waals surface area contributed by atoms with E-state index in [0.717, 1.165) is 5.56 Å². The molecular weight excluding hydrogens is 252 g/mol. The number of ether oxygens (including phenoxy) is 1. The third-order valence-electron chi connectivity index (χ3n) is 2.74. The molecule has 0 aliphatic carbocycles. The molecule has 0 aliphatic heterocycles. The molecule has 0 saturated heterocycles. The summed E-state index contributed by atoms with van der Waals surface area (Å²) in [6, 6.07) is 6.42. The molecule has 0 unspecified atom stereocenters. The molecule has 0 bridgehead atoms. The molecule has 0 aromatic heterocycles. The molecule has 2 atom stereocenters. The van der Waals surface area contributed by atoms with Crippen LogP contribution in [0.5, 0.6) is 5.75 Å². The number of rotatable bonds is 6. The lowest BCUT2D eigenvalue weighted by Gasteiger charge is -2.19. The number of esters is 1. The standard InChI is InChI=1S/C13H18O4S/c1-9(6-7-17-12(15)8-18)13(16)10-2-4-11(14)5-3-10/h2-5,9,13-14,16,18H,6-8H2,1H3/t9-,13+/m0/s1. The minimum Gasteiger partial charge on any atom is -0.508 e. The molecule has 0 spiro atoms. The van der Waals surface area contributed by atoms with Gasteiger partial charge in [0.05, 0.1) is 18.5 Å². The molecule has 0 aliphatic rings. The summed E-state index contributed by atoms with van der Waals surface area (Å²) in [7, 11) is 0. The van der Waals surface area contributed by atoms with E-state index in [1.807, 2.05) is 6.92 Å². The van der Waals surface area contributed by atoms with Crippen molar-refractivity contribution in [3.05, 3.63) is 29.8 Å². The van der Waals surface area contributed by atoms with Gasteiger partial charge in [0, 0.05) is 0 Å². The molecule has 1 rings (SSSR count). The zero-order chi connectivity index (χ0) is 13.5. The maximum atomic E-state index is 10.9. The Morgan fingerprint density at radius 3 is 2.56 bits per heavy atom. The van der Waals surface area contributed by atoms with Crippen LogP contribution < -0.4 is 0 Å². The Bertz CT molecular complexity index is 377. The quantitative estimate of drug-likeness (QED) is 0.546.